The number of thioether (sulfide) groups is 1. The lowest BCUT2D eigenvalue weighted by Crippen LogP contribution is -2.24. The van der Waals surface area contributed by atoms with Crippen LogP contribution < -0.4 is 15.2 Å². The van der Waals surface area contributed by atoms with Crippen LogP contribution in [0.5, 0.6) is 28.9 Å². The summed E-state index contributed by atoms with van der Waals surface area (Å²) in [7, 11) is 1.74. The van der Waals surface area contributed by atoms with Crippen LogP contribution in [0.1, 0.15) is 17.5 Å². The highest BCUT2D eigenvalue weighted by Gasteiger charge is 2.27. The molecule has 1 aliphatic rings. The summed E-state index contributed by atoms with van der Waals surface area (Å²) in [6.45, 7) is 0.972. The zero-order valence-corrected chi connectivity index (χ0v) is 22.1. The molecule has 2 aromatic carbocycles. The van der Waals surface area contributed by atoms with Crippen molar-refractivity contribution in [1.82, 2.24) is 9.88 Å². The second kappa shape index (κ2) is 12.1. The van der Waals surface area contributed by atoms with Crippen molar-refractivity contribution in [2.45, 2.75) is 16.6 Å². The van der Waals surface area contributed by atoms with Crippen LogP contribution in [-0.2, 0) is 9.59 Å². The van der Waals surface area contributed by atoms with Gasteiger partial charge >= 0.3 is 11.9 Å². The number of pyridine rings is 1. The predicted octanol–water partition coefficient (Wildman–Crippen LogP) is 3.65. The monoisotopic (exact) mass is 587 g/mol. The number of nitrogens with one attached hydrogen (secondary N) is 1. The van der Waals surface area contributed by atoms with Crippen LogP contribution in [0, 0.1) is 17.0 Å². The van der Waals surface area contributed by atoms with Gasteiger partial charge in [-0.3, -0.25) is 20.0 Å². The van der Waals surface area contributed by atoms with Crippen molar-refractivity contribution < 1.29 is 43.2 Å². The Morgan fingerprint density at radius 1 is 1.17 bits per heavy atom. The average Bonchev–Trinajstić information content (AvgIpc) is 3.34. The molecule has 2 heterocycles. The SMILES string of the molecule is CN1CCN=C1c1cc(SC(CC(=O)O)C(=O)O)ccc1Oc1c(F)cnc(Oc2cc(C(=N)N)ccc2O)c1F. The van der Waals surface area contributed by atoms with E-state index in [1.54, 1.807) is 11.9 Å². The second-order valence-corrected chi connectivity index (χ2v) is 9.96. The molecule has 0 bridgehead atoms. The van der Waals surface area contributed by atoms with Gasteiger partial charge in [-0.15, -0.1) is 11.8 Å². The number of halogens is 2. The van der Waals surface area contributed by atoms with Crippen molar-refractivity contribution in [2.75, 3.05) is 20.1 Å². The van der Waals surface area contributed by atoms with Gasteiger partial charge in [-0.25, -0.2) is 9.37 Å². The van der Waals surface area contributed by atoms with Gasteiger partial charge in [-0.05, 0) is 36.4 Å². The summed E-state index contributed by atoms with van der Waals surface area (Å²) in [4.78, 5) is 32.8. The minimum atomic E-state index is -1.34. The number of aliphatic imine (C=N–C) groups is 1. The van der Waals surface area contributed by atoms with Crippen molar-refractivity contribution in [3.8, 4) is 28.9 Å². The number of carbonyl (C=O) groups is 2. The molecule has 0 aliphatic carbocycles. The quantitative estimate of drug-likeness (QED) is 0.125. The zero-order valence-electron chi connectivity index (χ0n) is 21.3. The number of rotatable bonds is 11. The van der Waals surface area contributed by atoms with Crippen LogP contribution >= 0.6 is 11.8 Å². The molecular formula is C26H23F2N5O7S. The number of aromatic hydroxyl groups is 1. The highest BCUT2D eigenvalue weighted by Crippen LogP contribution is 2.39. The van der Waals surface area contributed by atoms with E-state index in [0.29, 0.717) is 30.0 Å². The number of nitrogen functional groups attached to an aromatic ring is 1. The highest BCUT2D eigenvalue weighted by molar-refractivity contribution is 8.00. The van der Waals surface area contributed by atoms with Crippen LogP contribution in [0.2, 0.25) is 0 Å². The summed E-state index contributed by atoms with van der Waals surface area (Å²) >= 11 is 0.794. The van der Waals surface area contributed by atoms with Gasteiger partial charge in [0.05, 0.1) is 24.7 Å². The molecular weight excluding hydrogens is 564 g/mol. The number of nitrogens with zero attached hydrogens (tertiary/aromatic N) is 3. The maximum absolute atomic E-state index is 15.5. The highest BCUT2D eigenvalue weighted by atomic mass is 32.2. The van der Waals surface area contributed by atoms with Crippen LogP contribution in [0.3, 0.4) is 0 Å². The predicted molar refractivity (Wildman–Crippen MR) is 143 cm³/mol. The molecule has 1 unspecified atom stereocenters. The number of amidine groups is 2. The molecule has 0 saturated heterocycles. The molecule has 1 atom stereocenters. The lowest BCUT2D eigenvalue weighted by molar-refractivity contribution is -0.142. The first-order valence-electron chi connectivity index (χ1n) is 11.8. The Labute approximate surface area is 235 Å². The van der Waals surface area contributed by atoms with Crippen molar-refractivity contribution in [3.63, 3.8) is 0 Å². The lowest BCUT2D eigenvalue weighted by atomic mass is 10.1. The number of benzene rings is 2. The summed E-state index contributed by atoms with van der Waals surface area (Å²) in [5, 5.41) is 34.8. The number of aliphatic carboxylic acids is 2. The number of nitrogens with two attached hydrogens (primary N) is 1. The van der Waals surface area contributed by atoms with Gasteiger partial charge in [0, 0.05) is 24.1 Å². The number of phenols is 1. The minimum absolute atomic E-state index is 0.0386. The number of phenolic OH excluding ortho intramolecular Hbond substituents is 1. The summed E-state index contributed by atoms with van der Waals surface area (Å²) in [6, 6.07) is 7.99. The van der Waals surface area contributed by atoms with Crippen LogP contribution in [0.4, 0.5) is 8.78 Å². The van der Waals surface area contributed by atoms with E-state index < -0.39 is 52.6 Å². The number of likely N-dealkylation sites (N-methyl/N-ethyl adjacent to an activating group) is 1. The molecule has 6 N–H and O–H groups in total. The number of hydrogen-bond donors (Lipinski definition) is 5. The van der Waals surface area contributed by atoms with Crippen molar-refractivity contribution >= 4 is 35.4 Å². The Morgan fingerprint density at radius 2 is 1.93 bits per heavy atom. The molecule has 12 nitrogen and oxygen atoms in total. The normalized spacial score (nSPS) is 13.4. The van der Waals surface area contributed by atoms with E-state index in [9.17, 15) is 24.2 Å². The maximum atomic E-state index is 15.5. The van der Waals surface area contributed by atoms with E-state index >= 15 is 4.39 Å². The maximum Gasteiger partial charge on any atom is 0.317 e. The molecule has 1 aliphatic heterocycles. The smallest absolute Gasteiger partial charge is 0.317 e. The van der Waals surface area contributed by atoms with Crippen LogP contribution in [0.15, 0.2) is 52.5 Å². The summed E-state index contributed by atoms with van der Waals surface area (Å²) in [6.07, 6.45) is 0.0294. The number of carboxylic acids is 2. The van der Waals surface area contributed by atoms with E-state index in [0.717, 1.165) is 11.8 Å². The summed E-state index contributed by atoms with van der Waals surface area (Å²) in [5.41, 5.74) is 5.90. The van der Waals surface area contributed by atoms with E-state index in [1.165, 1.54) is 36.4 Å². The number of hydrogen-bond acceptors (Lipinski definition) is 10. The number of ether oxygens (including phenoxy) is 2. The molecule has 0 radical (unpaired) electrons. The molecule has 15 heteroatoms. The van der Waals surface area contributed by atoms with Crippen molar-refractivity contribution in [1.29, 1.82) is 5.41 Å². The molecule has 0 fully saturated rings. The Kier molecular flexibility index (Phi) is 8.56. The molecule has 41 heavy (non-hydrogen) atoms. The Bertz CT molecular complexity index is 1570. The van der Waals surface area contributed by atoms with E-state index in [2.05, 4.69) is 9.98 Å². The van der Waals surface area contributed by atoms with Crippen LogP contribution in [0.25, 0.3) is 0 Å². The third-order valence-corrected chi connectivity index (χ3v) is 6.93. The first kappa shape index (κ1) is 29.1. The van der Waals surface area contributed by atoms with Gasteiger partial charge < -0.3 is 35.4 Å². The molecule has 0 spiro atoms. The first-order chi connectivity index (χ1) is 19.4. The molecule has 0 saturated carbocycles. The van der Waals surface area contributed by atoms with Crippen LogP contribution in [-0.4, -0.2) is 74.2 Å². The average molecular weight is 588 g/mol. The van der Waals surface area contributed by atoms with Gasteiger partial charge in [0.2, 0.25) is 11.6 Å². The molecule has 4 rings (SSSR count). The Hall–Kier alpha value is -4.92. The molecule has 1 aromatic heterocycles. The third kappa shape index (κ3) is 6.63. The van der Waals surface area contributed by atoms with Crippen molar-refractivity contribution in [2.24, 2.45) is 10.7 Å². The second-order valence-electron chi connectivity index (χ2n) is 8.68. The fourth-order valence-corrected chi connectivity index (χ4v) is 4.73. The van der Waals surface area contributed by atoms with Crippen molar-refractivity contribution in [3.05, 3.63) is 65.4 Å². The standard InChI is InChI=1S/C26H23F2N5O7S/c1-33-7-6-31-24(33)14-9-13(41-19(26(37)38)10-20(35)36)3-5-17(14)39-22-15(27)11-32-25(21(22)28)40-18-8-12(23(29)30)2-4-16(18)34/h2-5,8-9,11,19,34H,6-7,10H2,1H3,(H3,29,30)(H,35,36)(H,37,38). The molecule has 214 valence electrons. The van der Waals surface area contributed by atoms with Gasteiger partial charge in [0.1, 0.15) is 22.7 Å². The summed E-state index contributed by atoms with van der Waals surface area (Å²) in [5.74, 6) is -7.40. The Morgan fingerprint density at radius 3 is 2.56 bits per heavy atom. The van der Waals surface area contributed by atoms with E-state index in [1.807, 2.05) is 0 Å². The topological polar surface area (TPSA) is 192 Å². The first-order valence-corrected chi connectivity index (χ1v) is 12.7. The van der Waals surface area contributed by atoms with Gasteiger partial charge in [0.25, 0.3) is 5.88 Å². The summed E-state index contributed by atoms with van der Waals surface area (Å²) < 4.78 is 41.3. The molecule has 3 aromatic rings. The fraction of sp³-hybridized carbons (Fsp3) is 0.192. The minimum Gasteiger partial charge on any atom is -0.504 e. The van der Waals surface area contributed by atoms with E-state index in [-0.39, 0.29) is 28.5 Å². The van der Waals surface area contributed by atoms with Gasteiger partial charge in [-0.2, -0.15) is 4.39 Å². The zero-order chi connectivity index (χ0) is 29.8. The Balaban J connectivity index is 1.71. The van der Waals surface area contributed by atoms with E-state index in [4.69, 9.17) is 25.7 Å². The largest absolute Gasteiger partial charge is 0.504 e. The number of aromatic nitrogens is 1. The van der Waals surface area contributed by atoms with Gasteiger partial charge in [0.15, 0.2) is 17.3 Å². The number of carboxylic acid groups (broad SMARTS) is 2. The fourth-order valence-electron chi connectivity index (χ4n) is 3.75. The van der Waals surface area contributed by atoms with Gasteiger partial charge in [-0.1, -0.05) is 0 Å². The third-order valence-electron chi connectivity index (χ3n) is 5.75. The molecule has 0 amide bonds. The lowest BCUT2D eigenvalue weighted by Gasteiger charge is -2.19.